The number of carbonyl (C=O) groups is 1. The smallest absolute Gasteiger partial charge is 0.330 e. The summed E-state index contributed by atoms with van der Waals surface area (Å²) in [5.41, 5.74) is 0. The van der Waals surface area contributed by atoms with E-state index in [4.69, 9.17) is 14.2 Å². The van der Waals surface area contributed by atoms with Crippen LogP contribution >= 0.6 is 0 Å². The Kier molecular flexibility index (Phi) is 11.1. The average molecular weight is 371 g/mol. The molecule has 1 heterocycles. The molecule has 0 bridgehead atoms. The van der Waals surface area contributed by atoms with Gasteiger partial charge in [0, 0.05) is 6.08 Å². The van der Waals surface area contributed by atoms with Crippen molar-refractivity contribution in [3.05, 3.63) is 12.2 Å². The highest BCUT2D eigenvalue weighted by Gasteiger charge is 2.39. The van der Waals surface area contributed by atoms with Crippen molar-refractivity contribution >= 4 is 5.97 Å². The summed E-state index contributed by atoms with van der Waals surface area (Å²) in [6.45, 7) is 7.83. The second-order valence-corrected chi connectivity index (χ2v) is 7.65. The number of aliphatic hydroxyl groups excluding tert-OH is 1. The van der Waals surface area contributed by atoms with Crippen molar-refractivity contribution in [3.8, 4) is 0 Å². The van der Waals surface area contributed by atoms with Crippen molar-refractivity contribution < 1.29 is 24.1 Å². The first kappa shape index (κ1) is 23.1. The Morgan fingerprint density at radius 1 is 1.12 bits per heavy atom. The molecule has 1 N–H and O–H groups in total. The van der Waals surface area contributed by atoms with Crippen molar-refractivity contribution in [3.63, 3.8) is 0 Å². The fourth-order valence-corrected chi connectivity index (χ4v) is 3.28. The molecular weight excluding hydrogens is 332 g/mol. The summed E-state index contributed by atoms with van der Waals surface area (Å²) in [5.74, 6) is -0.951. The zero-order valence-electron chi connectivity index (χ0n) is 17.0. The van der Waals surface area contributed by atoms with Crippen LogP contribution < -0.4 is 0 Å². The Bertz CT molecular complexity index is 417. The van der Waals surface area contributed by atoms with Crippen LogP contribution in [0.15, 0.2) is 12.2 Å². The first-order valence-electron chi connectivity index (χ1n) is 10.2. The summed E-state index contributed by atoms with van der Waals surface area (Å²) in [6.07, 6.45) is 13.0. The number of unbranched alkanes of at least 4 members (excludes halogenated alkanes) is 6. The third-order valence-corrected chi connectivity index (χ3v) is 4.54. The lowest BCUT2D eigenvalue weighted by atomic mass is 10.0. The summed E-state index contributed by atoms with van der Waals surface area (Å²) >= 11 is 0. The molecule has 5 nitrogen and oxygen atoms in total. The van der Waals surface area contributed by atoms with E-state index >= 15 is 0 Å². The highest BCUT2D eigenvalue weighted by molar-refractivity contribution is 5.81. The molecule has 1 aliphatic heterocycles. The minimum atomic E-state index is -0.613. The van der Waals surface area contributed by atoms with Gasteiger partial charge in [0.05, 0.1) is 18.8 Å². The highest BCUT2D eigenvalue weighted by atomic mass is 16.7. The van der Waals surface area contributed by atoms with E-state index in [1.54, 1.807) is 13.0 Å². The van der Waals surface area contributed by atoms with Crippen molar-refractivity contribution in [2.24, 2.45) is 0 Å². The van der Waals surface area contributed by atoms with Gasteiger partial charge >= 0.3 is 5.97 Å². The van der Waals surface area contributed by atoms with E-state index in [0.29, 0.717) is 6.61 Å². The second-order valence-electron chi connectivity index (χ2n) is 7.65. The number of ether oxygens (including phenoxy) is 3. The quantitative estimate of drug-likeness (QED) is 0.293. The van der Waals surface area contributed by atoms with Crippen LogP contribution in [0.2, 0.25) is 0 Å². The van der Waals surface area contributed by atoms with E-state index in [2.05, 4.69) is 0 Å². The number of hydrogen-bond acceptors (Lipinski definition) is 5. The standard InChI is InChI=1S/C21H38O5/c1-5-24-20(23)16-15-19-18(25-21(3,4)26-19)14-12-10-8-6-7-9-11-13-17(2)22/h15-19,22H,5-14H2,1-4H3/b16-15+/t17-,18+,19+/m1/s1. The van der Waals surface area contributed by atoms with Crippen LogP contribution in [0.4, 0.5) is 0 Å². The SMILES string of the molecule is CCOC(=O)/C=C/[C@@H]1OC(C)(C)O[C@H]1CCCCCCCCC[C@@H](C)O. The maximum Gasteiger partial charge on any atom is 0.330 e. The van der Waals surface area contributed by atoms with E-state index in [0.717, 1.165) is 25.7 Å². The first-order chi connectivity index (χ1) is 12.3. The van der Waals surface area contributed by atoms with E-state index < -0.39 is 5.79 Å². The first-order valence-corrected chi connectivity index (χ1v) is 10.2. The molecule has 0 aromatic rings. The minimum absolute atomic E-state index is 0.0123. The van der Waals surface area contributed by atoms with Gasteiger partial charge in [0.15, 0.2) is 5.79 Å². The molecule has 1 aliphatic rings. The molecule has 5 heteroatoms. The van der Waals surface area contributed by atoms with Crippen LogP contribution in [0.3, 0.4) is 0 Å². The Labute approximate surface area is 159 Å². The summed E-state index contributed by atoms with van der Waals surface area (Å²) in [4.78, 5) is 11.5. The molecule has 0 unspecified atom stereocenters. The molecule has 26 heavy (non-hydrogen) atoms. The van der Waals surface area contributed by atoms with Crippen molar-refractivity contribution in [2.45, 2.75) is 110 Å². The van der Waals surface area contributed by atoms with Gasteiger partial charge in [0.2, 0.25) is 0 Å². The van der Waals surface area contributed by atoms with Crippen molar-refractivity contribution in [2.75, 3.05) is 6.61 Å². The van der Waals surface area contributed by atoms with Gasteiger partial charge in [0.1, 0.15) is 6.10 Å². The van der Waals surface area contributed by atoms with E-state index in [-0.39, 0.29) is 24.3 Å². The van der Waals surface area contributed by atoms with Gasteiger partial charge in [-0.1, -0.05) is 44.9 Å². The number of esters is 1. The molecule has 0 radical (unpaired) electrons. The highest BCUT2D eigenvalue weighted by Crippen LogP contribution is 2.31. The molecule has 0 aliphatic carbocycles. The maximum absolute atomic E-state index is 11.5. The molecule has 0 aromatic carbocycles. The van der Waals surface area contributed by atoms with Crippen LogP contribution in [-0.2, 0) is 19.0 Å². The monoisotopic (exact) mass is 370 g/mol. The predicted octanol–water partition coefficient (Wildman–Crippen LogP) is 4.52. The van der Waals surface area contributed by atoms with E-state index in [1.165, 1.54) is 38.2 Å². The van der Waals surface area contributed by atoms with Crippen molar-refractivity contribution in [1.82, 2.24) is 0 Å². The molecule has 1 saturated heterocycles. The fraction of sp³-hybridized carbons (Fsp3) is 0.857. The molecule has 1 rings (SSSR count). The largest absolute Gasteiger partial charge is 0.463 e. The molecule has 0 aromatic heterocycles. The fourth-order valence-electron chi connectivity index (χ4n) is 3.28. The van der Waals surface area contributed by atoms with Crippen LogP contribution in [0.1, 0.15) is 85.5 Å². The zero-order chi connectivity index (χ0) is 19.4. The van der Waals surface area contributed by atoms with Crippen molar-refractivity contribution in [1.29, 1.82) is 0 Å². The summed E-state index contributed by atoms with van der Waals surface area (Å²) in [5, 5.41) is 9.23. The Hall–Kier alpha value is -0.910. The van der Waals surface area contributed by atoms with Crippen LogP contribution in [0.25, 0.3) is 0 Å². The molecule has 1 fully saturated rings. The van der Waals surface area contributed by atoms with Gasteiger partial charge in [-0.05, 0) is 46.6 Å². The van der Waals surface area contributed by atoms with Crippen LogP contribution in [-0.4, -0.2) is 41.8 Å². The lowest BCUT2D eigenvalue weighted by Gasteiger charge is -2.16. The van der Waals surface area contributed by atoms with Gasteiger partial charge in [-0.3, -0.25) is 0 Å². The average Bonchev–Trinajstić information content (AvgIpc) is 2.85. The maximum atomic E-state index is 11.5. The van der Waals surface area contributed by atoms with E-state index in [9.17, 15) is 9.90 Å². The number of aliphatic hydroxyl groups is 1. The normalized spacial score (nSPS) is 23.4. The van der Waals surface area contributed by atoms with Gasteiger partial charge in [0.25, 0.3) is 0 Å². The number of rotatable bonds is 13. The summed E-state index contributed by atoms with van der Waals surface area (Å²) in [6, 6.07) is 0. The second kappa shape index (κ2) is 12.5. The minimum Gasteiger partial charge on any atom is -0.463 e. The summed E-state index contributed by atoms with van der Waals surface area (Å²) < 4.78 is 16.8. The molecular formula is C21H38O5. The molecule has 3 atom stereocenters. The zero-order valence-corrected chi connectivity index (χ0v) is 17.0. The number of hydrogen-bond donors (Lipinski definition) is 1. The Morgan fingerprint density at radius 3 is 2.35 bits per heavy atom. The Balaban J connectivity index is 2.21. The molecule has 152 valence electrons. The third kappa shape index (κ3) is 10.3. The molecule has 0 saturated carbocycles. The van der Waals surface area contributed by atoms with Crippen LogP contribution in [0.5, 0.6) is 0 Å². The van der Waals surface area contributed by atoms with Crippen LogP contribution in [0, 0.1) is 0 Å². The predicted molar refractivity (Wildman–Crippen MR) is 103 cm³/mol. The van der Waals surface area contributed by atoms with Gasteiger partial charge in [-0.2, -0.15) is 0 Å². The third-order valence-electron chi connectivity index (χ3n) is 4.54. The molecule has 0 spiro atoms. The lowest BCUT2D eigenvalue weighted by Crippen LogP contribution is -2.21. The van der Waals surface area contributed by atoms with Gasteiger partial charge in [-0.15, -0.1) is 0 Å². The summed E-state index contributed by atoms with van der Waals surface area (Å²) in [7, 11) is 0. The van der Waals surface area contributed by atoms with Gasteiger partial charge < -0.3 is 19.3 Å². The Morgan fingerprint density at radius 2 is 1.73 bits per heavy atom. The molecule has 0 amide bonds. The topological polar surface area (TPSA) is 65.0 Å². The number of carbonyl (C=O) groups excluding carboxylic acids is 1. The van der Waals surface area contributed by atoms with E-state index in [1.807, 2.05) is 20.8 Å². The lowest BCUT2D eigenvalue weighted by molar-refractivity contribution is -0.144. The van der Waals surface area contributed by atoms with Gasteiger partial charge in [-0.25, -0.2) is 4.79 Å².